The number of amides is 3. The molecule has 2 N–H and O–H groups in total. The summed E-state index contributed by atoms with van der Waals surface area (Å²) in [6, 6.07) is 14.2. The number of hydrogen-bond acceptors (Lipinski definition) is 4. The van der Waals surface area contributed by atoms with E-state index >= 15 is 0 Å². The Morgan fingerprint density at radius 1 is 1.10 bits per heavy atom. The zero-order valence-electron chi connectivity index (χ0n) is 15.9. The lowest BCUT2D eigenvalue weighted by Gasteiger charge is -2.15. The molecule has 1 unspecified atom stereocenters. The average Bonchev–Trinajstić information content (AvgIpc) is 3.35. The molecule has 29 heavy (non-hydrogen) atoms. The summed E-state index contributed by atoms with van der Waals surface area (Å²) in [5.41, 5.74) is 1.49. The quantitative estimate of drug-likeness (QED) is 0.684. The number of urea groups is 1. The van der Waals surface area contributed by atoms with E-state index in [4.69, 9.17) is 4.74 Å². The first-order valence-corrected chi connectivity index (χ1v) is 10.9. The van der Waals surface area contributed by atoms with Crippen LogP contribution in [0.25, 0.3) is 0 Å². The first-order chi connectivity index (χ1) is 14.1. The van der Waals surface area contributed by atoms with Gasteiger partial charge in [0.2, 0.25) is 5.91 Å². The third-order valence-corrected chi connectivity index (χ3v) is 6.14. The summed E-state index contributed by atoms with van der Waals surface area (Å²) in [4.78, 5) is 25.3. The highest BCUT2D eigenvalue weighted by Gasteiger charge is 2.27. The van der Waals surface area contributed by atoms with E-state index in [9.17, 15) is 13.8 Å². The van der Waals surface area contributed by atoms with Crippen LogP contribution in [0.3, 0.4) is 0 Å². The minimum absolute atomic E-state index is 0.00936. The van der Waals surface area contributed by atoms with Crippen molar-refractivity contribution in [1.82, 2.24) is 10.0 Å². The number of imide groups is 1. The van der Waals surface area contributed by atoms with Crippen molar-refractivity contribution in [1.29, 1.82) is 0 Å². The van der Waals surface area contributed by atoms with Gasteiger partial charge in [0.15, 0.2) is 0 Å². The predicted octanol–water partition coefficient (Wildman–Crippen LogP) is 2.88. The van der Waals surface area contributed by atoms with Gasteiger partial charge in [-0.2, -0.15) is 0 Å². The van der Waals surface area contributed by atoms with Gasteiger partial charge in [-0.05, 0) is 61.6 Å². The fourth-order valence-electron chi connectivity index (χ4n) is 3.58. The minimum atomic E-state index is -1.40. The Morgan fingerprint density at radius 2 is 1.90 bits per heavy atom. The van der Waals surface area contributed by atoms with E-state index in [1.54, 1.807) is 18.2 Å². The molecule has 8 heteroatoms. The summed E-state index contributed by atoms with van der Waals surface area (Å²) in [7, 11) is -1.40. The smallest absolute Gasteiger partial charge is 0.329 e. The lowest BCUT2D eigenvalue weighted by molar-refractivity contribution is -0.117. The fourth-order valence-corrected chi connectivity index (χ4v) is 4.47. The normalized spacial score (nSPS) is 18.1. The molecule has 1 heterocycles. The molecule has 2 aromatic carbocycles. The van der Waals surface area contributed by atoms with Gasteiger partial charge in [-0.25, -0.2) is 13.7 Å². The highest BCUT2D eigenvalue weighted by molar-refractivity contribution is 7.83. The lowest BCUT2D eigenvalue weighted by atomic mass is 10.2. The Kier molecular flexibility index (Phi) is 5.92. The second-order valence-electron chi connectivity index (χ2n) is 7.20. The van der Waals surface area contributed by atoms with Gasteiger partial charge in [0.05, 0.1) is 11.0 Å². The molecule has 0 aromatic heterocycles. The highest BCUT2D eigenvalue weighted by Crippen LogP contribution is 2.25. The molecule has 3 amide bonds. The molecule has 0 bridgehead atoms. The molecule has 2 aliphatic rings. The number of nitrogens with one attached hydrogen (secondary N) is 2. The van der Waals surface area contributed by atoms with Crippen LogP contribution in [0, 0.1) is 0 Å². The standard InChI is InChI=1S/C21H23N3O4S/c25-20-14-24(21(26)23-20)16-6-3-5-15(11-16)13-22-29(27)19-10-4-9-18(12-19)28-17-7-1-2-8-17/h3-6,9-12,17,22H,1-2,7-8,13-14H2,(H,23,25,26). The third kappa shape index (κ3) is 4.83. The molecular formula is C21H23N3O4S. The predicted molar refractivity (Wildman–Crippen MR) is 110 cm³/mol. The summed E-state index contributed by atoms with van der Waals surface area (Å²) in [5, 5.41) is 2.26. The Morgan fingerprint density at radius 3 is 2.66 bits per heavy atom. The summed E-state index contributed by atoms with van der Waals surface area (Å²) in [6.07, 6.45) is 4.79. The van der Waals surface area contributed by atoms with Crippen LogP contribution in [0.1, 0.15) is 31.2 Å². The van der Waals surface area contributed by atoms with E-state index < -0.39 is 17.0 Å². The highest BCUT2D eigenvalue weighted by atomic mass is 32.2. The van der Waals surface area contributed by atoms with E-state index in [0.717, 1.165) is 24.2 Å². The van der Waals surface area contributed by atoms with Crippen molar-refractivity contribution in [3.8, 4) is 5.75 Å². The maximum absolute atomic E-state index is 12.7. The van der Waals surface area contributed by atoms with Gasteiger partial charge in [0, 0.05) is 12.2 Å². The average molecular weight is 413 g/mol. The van der Waals surface area contributed by atoms with Crippen molar-refractivity contribution in [3.05, 3.63) is 54.1 Å². The molecule has 1 aliphatic carbocycles. The number of hydrogen-bond donors (Lipinski definition) is 2. The first kappa shape index (κ1) is 19.6. The van der Waals surface area contributed by atoms with Crippen molar-refractivity contribution in [2.24, 2.45) is 0 Å². The molecule has 152 valence electrons. The SMILES string of the molecule is O=C1CN(c2cccc(CNS(=O)c3cccc(OC4CCCC4)c3)c2)C(=O)N1. The number of carbonyl (C=O) groups is 2. The zero-order chi connectivity index (χ0) is 20.2. The van der Waals surface area contributed by atoms with Crippen LogP contribution in [-0.2, 0) is 22.3 Å². The number of benzene rings is 2. The van der Waals surface area contributed by atoms with Gasteiger partial charge < -0.3 is 4.74 Å². The number of nitrogens with zero attached hydrogens (tertiary/aromatic N) is 1. The molecule has 1 atom stereocenters. The molecule has 0 radical (unpaired) electrons. The second kappa shape index (κ2) is 8.75. The van der Waals surface area contributed by atoms with E-state index in [-0.39, 0.29) is 18.6 Å². The summed E-state index contributed by atoms with van der Waals surface area (Å²) < 4.78 is 21.7. The van der Waals surface area contributed by atoms with E-state index in [1.807, 2.05) is 30.3 Å². The molecule has 2 aromatic rings. The first-order valence-electron chi connectivity index (χ1n) is 9.71. The van der Waals surface area contributed by atoms with Gasteiger partial charge in [0.1, 0.15) is 23.3 Å². The van der Waals surface area contributed by atoms with Crippen LogP contribution >= 0.6 is 0 Å². The van der Waals surface area contributed by atoms with E-state index in [1.165, 1.54) is 17.7 Å². The molecule has 4 rings (SSSR count). The van der Waals surface area contributed by atoms with Crippen LogP contribution in [0.15, 0.2) is 53.4 Å². The van der Waals surface area contributed by atoms with Gasteiger partial charge >= 0.3 is 6.03 Å². The van der Waals surface area contributed by atoms with Gasteiger partial charge in [-0.3, -0.25) is 15.0 Å². The number of carbonyl (C=O) groups excluding carboxylic acids is 2. The van der Waals surface area contributed by atoms with E-state index in [2.05, 4.69) is 10.0 Å². The number of anilines is 1. The largest absolute Gasteiger partial charge is 0.490 e. The van der Waals surface area contributed by atoms with E-state index in [0.29, 0.717) is 17.1 Å². The van der Waals surface area contributed by atoms with Crippen molar-refractivity contribution < 1.29 is 18.5 Å². The van der Waals surface area contributed by atoms with Crippen LogP contribution in [-0.4, -0.2) is 28.8 Å². The Hall–Kier alpha value is -2.71. The number of rotatable bonds is 7. The van der Waals surface area contributed by atoms with Crippen molar-refractivity contribution >= 4 is 28.6 Å². The molecule has 1 saturated heterocycles. The van der Waals surface area contributed by atoms with Gasteiger partial charge in [0.25, 0.3) is 0 Å². The van der Waals surface area contributed by atoms with Crippen LogP contribution in [0.4, 0.5) is 10.5 Å². The molecule has 1 aliphatic heterocycles. The van der Waals surface area contributed by atoms with Gasteiger partial charge in [-0.15, -0.1) is 0 Å². The Bertz CT molecular complexity index is 943. The molecule has 7 nitrogen and oxygen atoms in total. The molecular weight excluding hydrogens is 390 g/mol. The third-order valence-electron chi connectivity index (χ3n) is 5.05. The molecule has 2 fully saturated rings. The zero-order valence-corrected chi connectivity index (χ0v) is 16.7. The summed E-state index contributed by atoms with van der Waals surface area (Å²) in [5.74, 6) is 0.426. The summed E-state index contributed by atoms with van der Waals surface area (Å²) in [6.45, 7) is 0.368. The van der Waals surface area contributed by atoms with Crippen molar-refractivity contribution in [2.45, 2.75) is 43.2 Å². The molecule has 1 saturated carbocycles. The Labute approximate surface area is 172 Å². The van der Waals surface area contributed by atoms with Crippen LogP contribution in [0.5, 0.6) is 5.75 Å². The van der Waals surface area contributed by atoms with Crippen LogP contribution in [0.2, 0.25) is 0 Å². The lowest BCUT2D eigenvalue weighted by Crippen LogP contribution is -2.28. The second-order valence-corrected chi connectivity index (χ2v) is 8.50. The maximum Gasteiger partial charge on any atom is 0.329 e. The monoisotopic (exact) mass is 413 g/mol. The van der Waals surface area contributed by atoms with Crippen molar-refractivity contribution in [2.75, 3.05) is 11.4 Å². The fraction of sp³-hybridized carbons (Fsp3) is 0.333. The van der Waals surface area contributed by atoms with Crippen molar-refractivity contribution in [3.63, 3.8) is 0 Å². The minimum Gasteiger partial charge on any atom is -0.490 e. The topological polar surface area (TPSA) is 87.7 Å². The van der Waals surface area contributed by atoms with Gasteiger partial charge in [-0.1, -0.05) is 18.2 Å². The van der Waals surface area contributed by atoms with Crippen LogP contribution < -0.4 is 19.7 Å². The summed E-state index contributed by atoms with van der Waals surface area (Å²) >= 11 is 0. The molecule has 0 spiro atoms. The maximum atomic E-state index is 12.7. The Balaban J connectivity index is 1.38. The number of ether oxygens (including phenoxy) is 1.